The van der Waals surface area contributed by atoms with Crippen LogP contribution in [0.15, 0.2) is 0 Å². The van der Waals surface area contributed by atoms with Crippen LogP contribution in [0.25, 0.3) is 0 Å². The fourth-order valence-electron chi connectivity index (χ4n) is 5.39. The molecule has 98 valence electrons. The topological polar surface area (TPSA) is 46.2 Å². The summed E-state index contributed by atoms with van der Waals surface area (Å²) in [7, 11) is 0. The molecule has 3 saturated carbocycles. The summed E-state index contributed by atoms with van der Waals surface area (Å²) in [5.74, 6) is 1.56. The van der Waals surface area contributed by atoms with Crippen molar-refractivity contribution in [3.8, 4) is 0 Å². The molecule has 3 aliphatic rings. The lowest BCUT2D eigenvalue weighted by Crippen LogP contribution is -2.54. The fraction of sp³-hybridized carbons (Fsp3) is 1.00. The van der Waals surface area contributed by atoms with Crippen molar-refractivity contribution in [3.05, 3.63) is 0 Å². The molecule has 4 atom stereocenters. The van der Waals surface area contributed by atoms with Gasteiger partial charge in [-0.15, -0.1) is 0 Å². The molecule has 0 aromatic carbocycles. The molecular formula is C15H27NO. The third kappa shape index (κ3) is 1.53. The van der Waals surface area contributed by atoms with Crippen LogP contribution in [0.3, 0.4) is 0 Å². The lowest BCUT2D eigenvalue weighted by atomic mass is 9.61. The van der Waals surface area contributed by atoms with Crippen molar-refractivity contribution >= 4 is 0 Å². The molecule has 0 radical (unpaired) electrons. The van der Waals surface area contributed by atoms with Crippen LogP contribution in [0.1, 0.15) is 58.8 Å². The quantitative estimate of drug-likeness (QED) is 0.775. The van der Waals surface area contributed by atoms with Gasteiger partial charge in [-0.3, -0.25) is 0 Å². The predicted octanol–water partition coefficient (Wildman–Crippen LogP) is 2.69. The Bertz CT molecular complexity index is 327. The first-order chi connectivity index (χ1) is 7.91. The SMILES string of the molecule is CC1(C)CCC(O)(C2(CN)CC3CCC2C3)C1. The van der Waals surface area contributed by atoms with Crippen molar-refractivity contribution in [3.63, 3.8) is 0 Å². The lowest BCUT2D eigenvalue weighted by molar-refractivity contribution is -0.110. The van der Waals surface area contributed by atoms with E-state index in [1.54, 1.807) is 0 Å². The Kier molecular flexibility index (Phi) is 2.45. The fourth-order valence-corrected chi connectivity index (χ4v) is 5.39. The van der Waals surface area contributed by atoms with E-state index in [1.165, 1.54) is 25.7 Å². The average molecular weight is 237 g/mol. The van der Waals surface area contributed by atoms with Gasteiger partial charge in [0.25, 0.3) is 0 Å². The van der Waals surface area contributed by atoms with Crippen LogP contribution < -0.4 is 5.73 Å². The zero-order valence-corrected chi connectivity index (χ0v) is 11.3. The molecule has 0 aromatic rings. The van der Waals surface area contributed by atoms with Crippen LogP contribution in [0.2, 0.25) is 0 Å². The molecule has 0 saturated heterocycles. The van der Waals surface area contributed by atoms with Crippen LogP contribution in [0, 0.1) is 22.7 Å². The number of fused-ring (bicyclic) bond motifs is 2. The van der Waals surface area contributed by atoms with Crippen molar-refractivity contribution in [1.82, 2.24) is 0 Å². The van der Waals surface area contributed by atoms with E-state index < -0.39 is 5.60 Å². The highest BCUT2D eigenvalue weighted by molar-refractivity contribution is 5.14. The highest BCUT2D eigenvalue weighted by Crippen LogP contribution is 2.65. The Morgan fingerprint density at radius 1 is 1.24 bits per heavy atom. The molecule has 2 heteroatoms. The van der Waals surface area contributed by atoms with Gasteiger partial charge < -0.3 is 10.8 Å². The first-order valence-corrected chi connectivity index (χ1v) is 7.33. The van der Waals surface area contributed by atoms with Crippen LogP contribution in [-0.4, -0.2) is 17.3 Å². The minimum atomic E-state index is -0.467. The molecular weight excluding hydrogens is 210 g/mol. The van der Waals surface area contributed by atoms with Crippen molar-refractivity contribution in [2.75, 3.05) is 6.54 Å². The maximum Gasteiger partial charge on any atom is 0.0723 e. The normalized spacial score (nSPS) is 52.2. The van der Waals surface area contributed by atoms with Gasteiger partial charge in [0.15, 0.2) is 0 Å². The first-order valence-electron chi connectivity index (χ1n) is 7.33. The van der Waals surface area contributed by atoms with Crippen molar-refractivity contribution in [1.29, 1.82) is 0 Å². The molecule has 2 bridgehead atoms. The smallest absolute Gasteiger partial charge is 0.0723 e. The van der Waals surface area contributed by atoms with Gasteiger partial charge in [0, 0.05) is 12.0 Å². The molecule has 0 amide bonds. The zero-order chi connectivity index (χ0) is 12.3. The highest BCUT2D eigenvalue weighted by Gasteiger charge is 2.63. The van der Waals surface area contributed by atoms with E-state index in [4.69, 9.17) is 5.73 Å². The molecule has 0 aromatic heterocycles. The van der Waals surface area contributed by atoms with Gasteiger partial charge in [0.05, 0.1) is 5.60 Å². The Morgan fingerprint density at radius 2 is 2.00 bits per heavy atom. The number of aliphatic hydroxyl groups is 1. The predicted molar refractivity (Wildman–Crippen MR) is 69.5 cm³/mol. The summed E-state index contributed by atoms with van der Waals surface area (Å²) in [5.41, 5.74) is 6.05. The second kappa shape index (κ2) is 3.48. The Labute approximate surface area is 105 Å². The first kappa shape index (κ1) is 12.0. The molecule has 4 unspecified atom stereocenters. The summed E-state index contributed by atoms with van der Waals surface area (Å²) in [4.78, 5) is 0. The van der Waals surface area contributed by atoms with Crippen molar-refractivity contribution in [2.45, 2.75) is 64.4 Å². The van der Waals surface area contributed by atoms with E-state index >= 15 is 0 Å². The van der Waals surface area contributed by atoms with Gasteiger partial charge in [-0.1, -0.05) is 20.3 Å². The number of nitrogens with two attached hydrogens (primary N) is 1. The molecule has 0 spiro atoms. The number of hydrogen-bond acceptors (Lipinski definition) is 2. The van der Waals surface area contributed by atoms with E-state index in [0.717, 1.165) is 25.2 Å². The lowest BCUT2D eigenvalue weighted by Gasteiger charge is -2.48. The Balaban J connectivity index is 1.91. The third-order valence-electron chi connectivity index (χ3n) is 6.25. The number of rotatable bonds is 2. The van der Waals surface area contributed by atoms with Crippen LogP contribution >= 0.6 is 0 Å². The van der Waals surface area contributed by atoms with Crippen molar-refractivity contribution in [2.24, 2.45) is 28.4 Å². The number of hydrogen-bond donors (Lipinski definition) is 2. The van der Waals surface area contributed by atoms with Gasteiger partial charge in [0.2, 0.25) is 0 Å². The minimum absolute atomic E-state index is 0.0592. The average Bonchev–Trinajstić information content (AvgIpc) is 2.91. The summed E-state index contributed by atoms with van der Waals surface area (Å²) < 4.78 is 0. The molecule has 2 nitrogen and oxygen atoms in total. The van der Waals surface area contributed by atoms with Gasteiger partial charge in [-0.25, -0.2) is 0 Å². The Morgan fingerprint density at radius 3 is 2.41 bits per heavy atom. The van der Waals surface area contributed by atoms with Gasteiger partial charge >= 0.3 is 0 Å². The van der Waals surface area contributed by atoms with E-state index in [-0.39, 0.29) is 5.41 Å². The second-order valence-corrected chi connectivity index (χ2v) is 7.81. The van der Waals surface area contributed by atoms with Crippen LogP contribution in [0.4, 0.5) is 0 Å². The highest BCUT2D eigenvalue weighted by atomic mass is 16.3. The monoisotopic (exact) mass is 237 g/mol. The van der Waals surface area contributed by atoms with Crippen LogP contribution in [0.5, 0.6) is 0 Å². The molecule has 3 fully saturated rings. The molecule has 3 rings (SSSR count). The molecule has 3 N–H and O–H groups in total. The third-order valence-corrected chi connectivity index (χ3v) is 6.25. The van der Waals surface area contributed by atoms with Crippen LogP contribution in [-0.2, 0) is 0 Å². The van der Waals surface area contributed by atoms with E-state index in [1.807, 2.05) is 0 Å². The largest absolute Gasteiger partial charge is 0.389 e. The molecule has 17 heavy (non-hydrogen) atoms. The summed E-state index contributed by atoms with van der Waals surface area (Å²) >= 11 is 0. The molecule has 0 heterocycles. The van der Waals surface area contributed by atoms with Crippen molar-refractivity contribution < 1.29 is 5.11 Å². The summed E-state index contributed by atoms with van der Waals surface area (Å²) in [6, 6.07) is 0. The molecule has 3 aliphatic carbocycles. The maximum absolute atomic E-state index is 11.2. The Hall–Kier alpha value is -0.0800. The minimum Gasteiger partial charge on any atom is -0.389 e. The summed E-state index contributed by atoms with van der Waals surface area (Å²) in [5, 5.41) is 11.2. The summed E-state index contributed by atoms with van der Waals surface area (Å²) in [6.07, 6.45) is 8.31. The van der Waals surface area contributed by atoms with Gasteiger partial charge in [-0.05, 0) is 55.8 Å². The molecule has 0 aliphatic heterocycles. The van der Waals surface area contributed by atoms with E-state index in [0.29, 0.717) is 17.9 Å². The van der Waals surface area contributed by atoms with E-state index in [9.17, 15) is 5.11 Å². The standard InChI is InChI=1S/C15H27NO/c1-13(2)5-6-15(17,9-13)14(10-16)8-11-3-4-12(14)7-11/h11-12,17H,3-10,16H2,1-2H3. The zero-order valence-electron chi connectivity index (χ0n) is 11.3. The maximum atomic E-state index is 11.2. The summed E-state index contributed by atoms with van der Waals surface area (Å²) in [6.45, 7) is 5.28. The van der Waals surface area contributed by atoms with E-state index in [2.05, 4.69) is 13.8 Å². The van der Waals surface area contributed by atoms with Gasteiger partial charge in [0.1, 0.15) is 0 Å². The van der Waals surface area contributed by atoms with Gasteiger partial charge in [-0.2, -0.15) is 0 Å². The second-order valence-electron chi connectivity index (χ2n) is 7.81.